The molecule has 0 aliphatic carbocycles. The van der Waals surface area contributed by atoms with Gasteiger partial charge in [-0.2, -0.15) is 0 Å². The van der Waals surface area contributed by atoms with Gasteiger partial charge in [0.15, 0.2) is 6.61 Å². The molecule has 2 aromatic rings. The van der Waals surface area contributed by atoms with Crippen LogP contribution in [-0.2, 0) is 11.4 Å². The first-order valence-electron chi connectivity index (χ1n) is 7.79. The Balaban J connectivity index is 1.85. The van der Waals surface area contributed by atoms with Crippen LogP contribution in [0.2, 0.25) is 0 Å². The molecule has 0 saturated carbocycles. The van der Waals surface area contributed by atoms with Gasteiger partial charge in [0.1, 0.15) is 5.75 Å². The Bertz CT molecular complexity index is 849. The number of pyridine rings is 1. The largest absolute Gasteiger partial charge is 0.484 e. The van der Waals surface area contributed by atoms with Crippen molar-refractivity contribution < 1.29 is 14.6 Å². The van der Waals surface area contributed by atoms with Gasteiger partial charge in [0, 0.05) is 35.3 Å². The van der Waals surface area contributed by atoms with Gasteiger partial charge in [-0.1, -0.05) is 17.0 Å². The topological polar surface area (TPSA) is 120 Å². The van der Waals surface area contributed by atoms with Gasteiger partial charge in [-0.25, -0.2) is 0 Å². The number of carbonyl (C=O) groups is 1. The molecular formula is C18H17N5O3. The van der Waals surface area contributed by atoms with E-state index in [2.05, 4.69) is 32.2 Å². The van der Waals surface area contributed by atoms with E-state index in [4.69, 9.17) is 15.4 Å². The summed E-state index contributed by atoms with van der Waals surface area (Å²) in [5.41, 5.74) is 10.3. The number of rotatable bonds is 7. The Morgan fingerprint density at radius 3 is 2.77 bits per heavy atom. The number of carbonyl (C=O) groups excluding carboxylic acids is 1. The summed E-state index contributed by atoms with van der Waals surface area (Å²) in [5.74, 6) is 6.26. The summed E-state index contributed by atoms with van der Waals surface area (Å²) in [6, 6.07) is 10.5. The fourth-order valence-corrected chi connectivity index (χ4v) is 1.91. The van der Waals surface area contributed by atoms with E-state index in [0.717, 1.165) is 11.1 Å². The van der Waals surface area contributed by atoms with Crippen LogP contribution < -0.4 is 10.1 Å². The van der Waals surface area contributed by atoms with Gasteiger partial charge >= 0.3 is 0 Å². The summed E-state index contributed by atoms with van der Waals surface area (Å²) < 4.78 is 5.37. The highest BCUT2D eigenvalue weighted by molar-refractivity contribution is 5.77. The van der Waals surface area contributed by atoms with Crippen molar-refractivity contribution in [2.24, 2.45) is 5.11 Å². The van der Waals surface area contributed by atoms with E-state index >= 15 is 0 Å². The first-order chi connectivity index (χ1) is 12.7. The van der Waals surface area contributed by atoms with Crippen molar-refractivity contribution in [2.45, 2.75) is 6.61 Å². The van der Waals surface area contributed by atoms with Crippen LogP contribution in [0.4, 0.5) is 0 Å². The Hall–Kier alpha value is -3.53. The van der Waals surface area contributed by atoms with E-state index in [1.807, 2.05) is 0 Å². The first kappa shape index (κ1) is 18.8. The zero-order valence-corrected chi connectivity index (χ0v) is 13.9. The number of aromatic nitrogens is 1. The Morgan fingerprint density at radius 2 is 2.04 bits per heavy atom. The second kappa shape index (κ2) is 10.4. The predicted octanol–water partition coefficient (Wildman–Crippen LogP) is 1.78. The predicted molar refractivity (Wildman–Crippen MR) is 95.1 cm³/mol. The average molecular weight is 351 g/mol. The molecule has 2 N–H and O–H groups in total. The molecule has 0 atom stereocenters. The molecule has 0 spiro atoms. The number of hydrogen-bond acceptors (Lipinski definition) is 5. The van der Waals surface area contributed by atoms with Gasteiger partial charge in [-0.15, -0.1) is 0 Å². The van der Waals surface area contributed by atoms with E-state index in [0.29, 0.717) is 11.4 Å². The SMILES string of the molecule is [N-]=[N+]=NCCNC(=O)COc1ccc(C#Cc2ccnc(CO)c2)cc1. The summed E-state index contributed by atoms with van der Waals surface area (Å²) in [6.07, 6.45) is 1.60. The fourth-order valence-electron chi connectivity index (χ4n) is 1.91. The summed E-state index contributed by atoms with van der Waals surface area (Å²) in [6.45, 7) is 0.226. The third-order valence-corrected chi connectivity index (χ3v) is 3.15. The standard InChI is InChI=1S/C18H17N5O3/c19-23-22-10-9-21-18(25)13-26-17-5-3-14(4-6-17)1-2-15-7-8-20-16(11-15)12-24/h3-8,11,24H,9-10,12-13H2,(H,21,25). The summed E-state index contributed by atoms with van der Waals surface area (Å²) in [5, 5.41) is 15.0. The number of aliphatic hydroxyl groups excluding tert-OH is 1. The quantitative estimate of drug-likeness (QED) is 0.260. The number of ether oxygens (including phenoxy) is 1. The monoisotopic (exact) mass is 351 g/mol. The number of amides is 1. The van der Waals surface area contributed by atoms with Crippen molar-refractivity contribution in [3.8, 4) is 17.6 Å². The van der Waals surface area contributed by atoms with Crippen LogP contribution in [-0.4, -0.2) is 35.7 Å². The van der Waals surface area contributed by atoms with Crippen molar-refractivity contribution >= 4 is 5.91 Å². The lowest BCUT2D eigenvalue weighted by molar-refractivity contribution is -0.123. The zero-order chi connectivity index (χ0) is 18.6. The van der Waals surface area contributed by atoms with Crippen molar-refractivity contribution in [3.05, 3.63) is 69.9 Å². The molecule has 0 fully saturated rings. The second-order valence-electron chi connectivity index (χ2n) is 5.06. The van der Waals surface area contributed by atoms with Gasteiger partial charge in [-0.3, -0.25) is 9.78 Å². The molecule has 2 rings (SSSR count). The minimum Gasteiger partial charge on any atom is -0.484 e. The smallest absolute Gasteiger partial charge is 0.257 e. The van der Waals surface area contributed by atoms with Gasteiger partial charge in [0.25, 0.3) is 5.91 Å². The minimum absolute atomic E-state index is 0.123. The average Bonchev–Trinajstić information content (AvgIpc) is 2.69. The molecule has 1 aromatic carbocycles. The molecule has 8 heteroatoms. The lowest BCUT2D eigenvalue weighted by atomic mass is 10.2. The van der Waals surface area contributed by atoms with Crippen LogP contribution in [0.3, 0.4) is 0 Å². The molecule has 1 heterocycles. The molecular weight excluding hydrogens is 334 g/mol. The van der Waals surface area contributed by atoms with Crippen LogP contribution in [0.25, 0.3) is 10.4 Å². The molecule has 8 nitrogen and oxygen atoms in total. The van der Waals surface area contributed by atoms with Crippen LogP contribution in [0, 0.1) is 11.8 Å². The van der Waals surface area contributed by atoms with Crippen molar-refractivity contribution in [2.75, 3.05) is 19.7 Å². The molecule has 132 valence electrons. The number of azide groups is 1. The Morgan fingerprint density at radius 1 is 1.27 bits per heavy atom. The van der Waals surface area contributed by atoms with Crippen LogP contribution in [0.5, 0.6) is 5.75 Å². The third kappa shape index (κ3) is 6.53. The third-order valence-electron chi connectivity index (χ3n) is 3.15. The molecule has 0 unspecified atom stereocenters. The van der Waals surface area contributed by atoms with E-state index in [1.54, 1.807) is 42.6 Å². The first-order valence-corrected chi connectivity index (χ1v) is 7.79. The number of hydrogen-bond donors (Lipinski definition) is 2. The maximum atomic E-state index is 11.5. The highest BCUT2D eigenvalue weighted by atomic mass is 16.5. The minimum atomic E-state index is -0.292. The van der Waals surface area contributed by atoms with E-state index in [-0.39, 0.29) is 32.2 Å². The maximum absolute atomic E-state index is 11.5. The maximum Gasteiger partial charge on any atom is 0.257 e. The Labute approximate surface area is 150 Å². The van der Waals surface area contributed by atoms with Crippen molar-refractivity contribution in [1.29, 1.82) is 0 Å². The molecule has 26 heavy (non-hydrogen) atoms. The van der Waals surface area contributed by atoms with E-state index in [1.165, 1.54) is 0 Å². The molecule has 0 bridgehead atoms. The highest BCUT2D eigenvalue weighted by Crippen LogP contribution is 2.11. The molecule has 0 saturated heterocycles. The van der Waals surface area contributed by atoms with E-state index in [9.17, 15) is 4.79 Å². The van der Waals surface area contributed by atoms with Crippen molar-refractivity contribution in [3.63, 3.8) is 0 Å². The molecule has 0 aliphatic heterocycles. The summed E-state index contributed by atoms with van der Waals surface area (Å²) in [7, 11) is 0. The van der Waals surface area contributed by atoms with Crippen LogP contribution in [0.15, 0.2) is 47.7 Å². The van der Waals surface area contributed by atoms with Crippen molar-refractivity contribution in [1.82, 2.24) is 10.3 Å². The number of nitrogens with one attached hydrogen (secondary N) is 1. The second-order valence-corrected chi connectivity index (χ2v) is 5.06. The van der Waals surface area contributed by atoms with Gasteiger partial charge in [-0.05, 0) is 41.9 Å². The fraction of sp³-hybridized carbons (Fsp3) is 0.222. The van der Waals surface area contributed by atoms with E-state index < -0.39 is 0 Å². The molecule has 0 aliphatic rings. The number of nitrogens with zero attached hydrogens (tertiary/aromatic N) is 4. The zero-order valence-electron chi connectivity index (χ0n) is 13.9. The number of aliphatic hydroxyl groups is 1. The van der Waals surface area contributed by atoms with Crippen LogP contribution >= 0.6 is 0 Å². The normalized spacial score (nSPS) is 9.42. The lowest BCUT2D eigenvalue weighted by Gasteiger charge is -2.06. The summed E-state index contributed by atoms with van der Waals surface area (Å²) >= 11 is 0. The van der Waals surface area contributed by atoms with Gasteiger partial charge < -0.3 is 15.2 Å². The summed E-state index contributed by atoms with van der Waals surface area (Å²) in [4.78, 5) is 18.1. The lowest BCUT2D eigenvalue weighted by Crippen LogP contribution is -2.30. The number of benzene rings is 1. The molecule has 1 aromatic heterocycles. The van der Waals surface area contributed by atoms with Gasteiger partial charge in [0.05, 0.1) is 12.3 Å². The van der Waals surface area contributed by atoms with Crippen LogP contribution in [0.1, 0.15) is 16.8 Å². The molecule has 1 amide bonds. The highest BCUT2D eigenvalue weighted by Gasteiger charge is 2.01. The molecule has 0 radical (unpaired) electrons. The Kier molecular flexibility index (Phi) is 7.49. The van der Waals surface area contributed by atoms with Gasteiger partial charge in [0.2, 0.25) is 0 Å².